The van der Waals surface area contributed by atoms with E-state index in [4.69, 9.17) is 23.7 Å². The number of carbonyl (C=O) groups is 3. The molecule has 0 bridgehead atoms. The molecule has 1 aromatic carbocycles. The lowest BCUT2D eigenvalue weighted by Crippen LogP contribution is -2.44. The Balaban J connectivity index is 1.80. The van der Waals surface area contributed by atoms with E-state index in [-0.39, 0.29) is 47.8 Å². The summed E-state index contributed by atoms with van der Waals surface area (Å²) in [7, 11) is 6.80. The summed E-state index contributed by atoms with van der Waals surface area (Å²) < 4.78 is 27.8. The van der Waals surface area contributed by atoms with Gasteiger partial charge in [-0.3, -0.25) is 9.59 Å². The van der Waals surface area contributed by atoms with Crippen LogP contribution in [-0.2, 0) is 19.0 Å². The van der Waals surface area contributed by atoms with Gasteiger partial charge in [0.2, 0.25) is 5.91 Å². The summed E-state index contributed by atoms with van der Waals surface area (Å²) >= 11 is 0. The summed E-state index contributed by atoms with van der Waals surface area (Å²) in [5.74, 6) is 0.959. The lowest BCUT2D eigenvalue weighted by atomic mass is 9.86. The number of carbonyl (C=O) groups excluding carboxylic acids is 3. The highest BCUT2D eigenvalue weighted by atomic mass is 16.6. The fourth-order valence-corrected chi connectivity index (χ4v) is 6.38. The minimum absolute atomic E-state index is 0.0204. The summed E-state index contributed by atoms with van der Waals surface area (Å²) in [6, 6.07) is 5.13. The van der Waals surface area contributed by atoms with E-state index < -0.39 is 5.60 Å². The number of benzene rings is 1. The van der Waals surface area contributed by atoms with E-state index in [1.54, 1.807) is 44.4 Å². The van der Waals surface area contributed by atoms with Crippen LogP contribution >= 0.6 is 0 Å². The first kappa shape index (κ1) is 37.4. The van der Waals surface area contributed by atoms with Gasteiger partial charge in [0, 0.05) is 89.8 Å². The molecule has 0 aromatic heterocycles. The largest absolute Gasteiger partial charge is 0.493 e. The highest BCUT2D eigenvalue weighted by Gasteiger charge is 2.41. The maximum atomic E-state index is 14.0. The topological polar surface area (TPSA) is 107 Å². The maximum absolute atomic E-state index is 14.0. The van der Waals surface area contributed by atoms with Gasteiger partial charge in [-0.2, -0.15) is 0 Å². The van der Waals surface area contributed by atoms with Crippen molar-refractivity contribution in [3.05, 3.63) is 23.8 Å². The molecular formula is C35H57N3O8. The van der Waals surface area contributed by atoms with E-state index in [2.05, 4.69) is 0 Å². The Labute approximate surface area is 275 Å². The van der Waals surface area contributed by atoms with Crippen molar-refractivity contribution in [2.75, 3.05) is 67.8 Å². The summed E-state index contributed by atoms with van der Waals surface area (Å²) in [6.45, 7) is 12.4. The zero-order chi connectivity index (χ0) is 34.0. The van der Waals surface area contributed by atoms with Crippen LogP contribution in [0.25, 0.3) is 0 Å². The third-order valence-electron chi connectivity index (χ3n) is 8.95. The molecule has 1 saturated heterocycles. The molecule has 0 radical (unpaired) electrons. The summed E-state index contributed by atoms with van der Waals surface area (Å²) in [5.41, 5.74) is -0.135. The Hall–Kier alpha value is -3.05. The molecule has 0 spiro atoms. The Morgan fingerprint density at radius 3 is 2.15 bits per heavy atom. The van der Waals surface area contributed by atoms with Gasteiger partial charge in [0.05, 0.1) is 19.8 Å². The fraction of sp³-hybridized carbons (Fsp3) is 0.743. The molecule has 1 saturated carbocycles. The summed E-state index contributed by atoms with van der Waals surface area (Å²) in [6.07, 6.45) is 3.95. The Kier molecular flexibility index (Phi) is 14.0. The molecule has 3 rings (SSSR count). The van der Waals surface area contributed by atoms with Crippen LogP contribution in [0.1, 0.15) is 77.1 Å². The molecule has 11 nitrogen and oxygen atoms in total. The van der Waals surface area contributed by atoms with Crippen LogP contribution in [0.5, 0.6) is 11.5 Å². The monoisotopic (exact) mass is 647 g/mol. The van der Waals surface area contributed by atoms with Crippen LogP contribution < -0.4 is 9.47 Å². The van der Waals surface area contributed by atoms with E-state index in [0.29, 0.717) is 62.9 Å². The SMILES string of the molecule is COCCCOc1cc(C(=O)N(C[C@@H]2CN(C(=O)OC(C)(C)C)C[C@H]2CN(C)C(=O)[C@H]2CC[C@@H](OC)CC2)C(C)C)ccc1OC. The normalized spacial score (nSPS) is 21.7. The minimum Gasteiger partial charge on any atom is -0.493 e. The lowest BCUT2D eigenvalue weighted by Gasteiger charge is -2.34. The molecule has 1 heterocycles. The van der Waals surface area contributed by atoms with Gasteiger partial charge >= 0.3 is 6.09 Å². The van der Waals surface area contributed by atoms with E-state index in [1.165, 1.54) is 0 Å². The van der Waals surface area contributed by atoms with Crippen molar-refractivity contribution in [1.82, 2.24) is 14.7 Å². The maximum Gasteiger partial charge on any atom is 0.410 e. The van der Waals surface area contributed by atoms with Gasteiger partial charge in [0.15, 0.2) is 11.5 Å². The number of ether oxygens (including phenoxy) is 5. The third-order valence-corrected chi connectivity index (χ3v) is 8.95. The molecule has 0 N–H and O–H groups in total. The van der Waals surface area contributed by atoms with Gasteiger partial charge in [-0.1, -0.05) is 0 Å². The first-order chi connectivity index (χ1) is 21.8. The van der Waals surface area contributed by atoms with Crippen molar-refractivity contribution in [1.29, 1.82) is 0 Å². The molecule has 46 heavy (non-hydrogen) atoms. The van der Waals surface area contributed by atoms with Crippen molar-refractivity contribution in [3.63, 3.8) is 0 Å². The van der Waals surface area contributed by atoms with Crippen molar-refractivity contribution >= 4 is 17.9 Å². The van der Waals surface area contributed by atoms with Crippen LogP contribution in [0.15, 0.2) is 18.2 Å². The molecule has 1 aromatic rings. The zero-order valence-corrected chi connectivity index (χ0v) is 29.5. The first-order valence-electron chi connectivity index (χ1n) is 16.6. The Bertz CT molecular complexity index is 1150. The second-order valence-corrected chi connectivity index (χ2v) is 13.9. The van der Waals surface area contributed by atoms with Crippen LogP contribution in [0.2, 0.25) is 0 Å². The quantitative estimate of drug-likeness (QED) is 0.257. The Morgan fingerprint density at radius 1 is 0.935 bits per heavy atom. The van der Waals surface area contributed by atoms with Crippen LogP contribution in [-0.4, -0.2) is 118 Å². The number of amides is 3. The molecule has 260 valence electrons. The van der Waals surface area contributed by atoms with Gasteiger partial charge < -0.3 is 38.4 Å². The van der Waals surface area contributed by atoms with E-state index in [9.17, 15) is 14.4 Å². The molecule has 3 amide bonds. The number of rotatable bonds is 14. The lowest BCUT2D eigenvalue weighted by molar-refractivity contribution is -0.136. The van der Waals surface area contributed by atoms with Crippen molar-refractivity contribution in [3.8, 4) is 11.5 Å². The zero-order valence-electron chi connectivity index (χ0n) is 29.5. The average Bonchev–Trinajstić information content (AvgIpc) is 3.42. The second kappa shape index (κ2) is 17.2. The average molecular weight is 648 g/mol. The molecule has 0 unspecified atom stereocenters. The van der Waals surface area contributed by atoms with Gasteiger partial charge in [0.1, 0.15) is 5.60 Å². The molecule has 2 fully saturated rings. The summed E-state index contributed by atoms with van der Waals surface area (Å²) in [5, 5.41) is 0. The van der Waals surface area contributed by atoms with Crippen molar-refractivity contribution in [2.24, 2.45) is 17.8 Å². The van der Waals surface area contributed by atoms with Gasteiger partial charge in [0.25, 0.3) is 5.91 Å². The number of hydrogen-bond acceptors (Lipinski definition) is 8. The highest BCUT2D eigenvalue weighted by molar-refractivity contribution is 5.95. The first-order valence-corrected chi connectivity index (χ1v) is 16.6. The number of methoxy groups -OCH3 is 3. The molecule has 1 aliphatic heterocycles. The predicted molar refractivity (Wildman–Crippen MR) is 176 cm³/mol. The number of hydrogen-bond donors (Lipinski definition) is 0. The number of nitrogens with zero attached hydrogens (tertiary/aromatic N) is 3. The van der Waals surface area contributed by atoms with Gasteiger partial charge in [-0.25, -0.2) is 4.79 Å². The highest BCUT2D eigenvalue weighted by Crippen LogP contribution is 2.32. The van der Waals surface area contributed by atoms with E-state index >= 15 is 0 Å². The predicted octanol–water partition coefficient (Wildman–Crippen LogP) is 5.11. The van der Waals surface area contributed by atoms with Crippen molar-refractivity contribution < 1.29 is 38.1 Å². The van der Waals surface area contributed by atoms with Crippen LogP contribution in [0.4, 0.5) is 4.79 Å². The molecular weight excluding hydrogens is 590 g/mol. The summed E-state index contributed by atoms with van der Waals surface area (Å²) in [4.78, 5) is 46.1. The minimum atomic E-state index is -0.629. The van der Waals surface area contributed by atoms with Crippen LogP contribution in [0, 0.1) is 17.8 Å². The smallest absolute Gasteiger partial charge is 0.410 e. The molecule has 2 atom stereocenters. The van der Waals surface area contributed by atoms with Crippen molar-refractivity contribution in [2.45, 2.75) is 84.5 Å². The third kappa shape index (κ3) is 10.5. The molecule has 2 aliphatic rings. The van der Waals surface area contributed by atoms with E-state index in [0.717, 1.165) is 25.7 Å². The van der Waals surface area contributed by atoms with Gasteiger partial charge in [-0.05, 0) is 78.5 Å². The second-order valence-electron chi connectivity index (χ2n) is 13.9. The van der Waals surface area contributed by atoms with Crippen LogP contribution in [0.3, 0.4) is 0 Å². The standard InChI is InChI=1S/C35H57N3O8/c1-24(2)38(33(40)26-13-16-30(44-9)31(19-26)45-18-10-17-42-7)23-28-22-37(34(41)46-35(3,4)5)21-27(28)20-36(6)32(39)25-11-14-29(43-8)15-12-25/h13,16,19,24-25,27-29H,10-12,14-15,17-18,20-23H2,1-9H3/t25-,27-,28+,29+/m1/s1. The fourth-order valence-electron chi connectivity index (χ4n) is 6.38. The molecule has 1 aliphatic carbocycles. The number of likely N-dealkylation sites (tertiary alicyclic amines) is 1. The van der Waals surface area contributed by atoms with Gasteiger partial charge in [-0.15, -0.1) is 0 Å². The van der Waals surface area contributed by atoms with E-state index in [1.807, 2.05) is 51.5 Å². The molecule has 11 heteroatoms. The Morgan fingerprint density at radius 2 is 1.59 bits per heavy atom.